The maximum absolute atomic E-state index is 11.1. The number of thioether (sulfide) groups is 1. The average molecular weight is 214 g/mol. The first-order valence-electron chi connectivity index (χ1n) is 4.88. The highest BCUT2D eigenvalue weighted by molar-refractivity contribution is 8.13. The summed E-state index contributed by atoms with van der Waals surface area (Å²) in [6.45, 7) is 0. The molecule has 1 heterocycles. The number of aliphatic imine (C=N–C) groups is 1. The minimum atomic E-state index is -0.854. The summed E-state index contributed by atoms with van der Waals surface area (Å²) in [7, 11) is 0. The molecule has 0 aromatic heterocycles. The molecule has 2 atom stereocenters. The molecule has 1 saturated carbocycles. The van der Waals surface area contributed by atoms with Crippen molar-refractivity contribution in [1.29, 1.82) is 0 Å². The number of carbonyl (C=O) groups is 1. The van der Waals surface area contributed by atoms with Gasteiger partial charge in [0.1, 0.15) is 0 Å². The maximum Gasteiger partial charge on any atom is 0.413 e. The van der Waals surface area contributed by atoms with E-state index in [9.17, 15) is 4.79 Å². The van der Waals surface area contributed by atoms with Crippen LogP contribution in [0, 0.1) is 0 Å². The first-order chi connectivity index (χ1) is 6.74. The summed E-state index contributed by atoms with van der Waals surface area (Å²) in [4.78, 5) is 17.0. The van der Waals surface area contributed by atoms with E-state index in [1.54, 1.807) is 0 Å². The third-order valence-corrected chi connectivity index (χ3v) is 3.56. The third-order valence-electron chi connectivity index (χ3n) is 2.90. The van der Waals surface area contributed by atoms with Crippen LogP contribution in [0.4, 0.5) is 4.79 Å². The number of carboxylic acid groups (broad SMARTS) is 1. The molecule has 0 aromatic rings. The lowest BCUT2D eigenvalue weighted by Crippen LogP contribution is -2.43. The Kier molecular flexibility index (Phi) is 2.67. The summed E-state index contributed by atoms with van der Waals surface area (Å²) in [5, 5.41) is 9.76. The predicted octanol–water partition coefficient (Wildman–Crippen LogP) is 2.01. The normalized spacial score (nSPS) is 31.2. The van der Waals surface area contributed by atoms with Crippen molar-refractivity contribution in [2.75, 3.05) is 6.26 Å². The lowest BCUT2D eigenvalue weighted by molar-refractivity contribution is 0.150. The van der Waals surface area contributed by atoms with Gasteiger partial charge in [0.15, 0.2) is 5.17 Å². The molecule has 0 radical (unpaired) electrons. The Morgan fingerprint density at radius 1 is 1.57 bits per heavy atom. The molecule has 2 rings (SSSR count). The van der Waals surface area contributed by atoms with Gasteiger partial charge < -0.3 is 5.11 Å². The van der Waals surface area contributed by atoms with E-state index in [-0.39, 0.29) is 12.1 Å². The maximum atomic E-state index is 11.1. The SMILES string of the molecule is CSC1=NC2CCCCC2N1C(=O)O. The Labute approximate surface area is 87.4 Å². The highest BCUT2D eigenvalue weighted by atomic mass is 32.2. The van der Waals surface area contributed by atoms with Crippen LogP contribution in [-0.4, -0.2) is 39.6 Å². The van der Waals surface area contributed by atoms with Crippen LogP contribution in [-0.2, 0) is 0 Å². The van der Waals surface area contributed by atoms with Crippen LogP contribution in [0.15, 0.2) is 4.99 Å². The van der Waals surface area contributed by atoms with E-state index in [1.165, 1.54) is 23.1 Å². The van der Waals surface area contributed by atoms with Gasteiger partial charge in [-0.3, -0.25) is 9.89 Å². The Bertz CT molecular complexity index is 280. The molecule has 0 saturated heterocycles. The fraction of sp³-hybridized carbons (Fsp3) is 0.778. The summed E-state index contributed by atoms with van der Waals surface area (Å²) < 4.78 is 0. The third kappa shape index (κ3) is 1.49. The minimum Gasteiger partial charge on any atom is -0.465 e. The van der Waals surface area contributed by atoms with Crippen molar-refractivity contribution >= 4 is 23.0 Å². The van der Waals surface area contributed by atoms with Crippen LogP contribution < -0.4 is 0 Å². The van der Waals surface area contributed by atoms with Gasteiger partial charge >= 0.3 is 6.09 Å². The van der Waals surface area contributed by atoms with E-state index in [0.29, 0.717) is 5.17 Å². The second-order valence-electron chi connectivity index (χ2n) is 3.69. The van der Waals surface area contributed by atoms with E-state index >= 15 is 0 Å². The molecule has 0 bridgehead atoms. The van der Waals surface area contributed by atoms with Crippen molar-refractivity contribution in [3.63, 3.8) is 0 Å². The zero-order chi connectivity index (χ0) is 10.1. The highest BCUT2D eigenvalue weighted by Gasteiger charge is 2.40. The second kappa shape index (κ2) is 3.81. The van der Waals surface area contributed by atoms with Crippen LogP contribution in [0.5, 0.6) is 0 Å². The average Bonchev–Trinajstić information content (AvgIpc) is 2.55. The standard InChI is InChI=1S/C9H14N2O2S/c1-14-8-10-6-4-2-3-5-7(6)11(8)9(12)13/h6-7H,2-5H2,1H3,(H,12,13). The molecule has 2 aliphatic rings. The van der Waals surface area contributed by atoms with Gasteiger partial charge in [-0.1, -0.05) is 24.6 Å². The molecular weight excluding hydrogens is 200 g/mol. The van der Waals surface area contributed by atoms with Crippen molar-refractivity contribution in [3.05, 3.63) is 0 Å². The molecule has 14 heavy (non-hydrogen) atoms. The summed E-state index contributed by atoms with van der Waals surface area (Å²) in [6, 6.07) is 0.339. The van der Waals surface area contributed by atoms with E-state index in [0.717, 1.165) is 19.3 Å². The molecule has 1 amide bonds. The number of fused-ring (bicyclic) bond motifs is 1. The summed E-state index contributed by atoms with van der Waals surface area (Å²) in [5.74, 6) is 0. The van der Waals surface area contributed by atoms with E-state index in [4.69, 9.17) is 5.11 Å². The predicted molar refractivity (Wildman–Crippen MR) is 56.9 cm³/mol. The minimum absolute atomic E-state index is 0.115. The number of hydrogen-bond acceptors (Lipinski definition) is 3. The van der Waals surface area contributed by atoms with E-state index in [2.05, 4.69) is 4.99 Å². The summed E-state index contributed by atoms with van der Waals surface area (Å²) in [6.07, 6.45) is 5.34. The molecule has 0 spiro atoms. The molecule has 4 nitrogen and oxygen atoms in total. The Balaban J connectivity index is 2.21. The number of nitrogens with zero attached hydrogens (tertiary/aromatic N) is 2. The number of hydrogen-bond donors (Lipinski definition) is 1. The van der Waals surface area contributed by atoms with Gasteiger partial charge in [-0.05, 0) is 19.1 Å². The largest absolute Gasteiger partial charge is 0.465 e. The molecule has 1 N–H and O–H groups in total. The molecule has 5 heteroatoms. The Morgan fingerprint density at radius 3 is 2.93 bits per heavy atom. The van der Waals surface area contributed by atoms with Crippen LogP contribution in [0.25, 0.3) is 0 Å². The molecule has 1 aliphatic carbocycles. The summed E-state index contributed by atoms with van der Waals surface area (Å²) >= 11 is 1.43. The number of rotatable bonds is 0. The molecule has 2 unspecified atom stereocenters. The van der Waals surface area contributed by atoms with Gasteiger partial charge in [0.05, 0.1) is 12.1 Å². The van der Waals surface area contributed by atoms with Gasteiger partial charge in [0.25, 0.3) is 0 Å². The molecule has 1 aliphatic heterocycles. The van der Waals surface area contributed by atoms with Crippen molar-refractivity contribution in [1.82, 2.24) is 4.90 Å². The monoisotopic (exact) mass is 214 g/mol. The van der Waals surface area contributed by atoms with Crippen molar-refractivity contribution in [3.8, 4) is 0 Å². The first kappa shape index (κ1) is 9.83. The topological polar surface area (TPSA) is 52.9 Å². The van der Waals surface area contributed by atoms with Crippen molar-refractivity contribution in [2.45, 2.75) is 37.8 Å². The lowest BCUT2D eigenvalue weighted by atomic mass is 9.91. The van der Waals surface area contributed by atoms with Crippen LogP contribution in [0.3, 0.4) is 0 Å². The Morgan fingerprint density at radius 2 is 2.29 bits per heavy atom. The quantitative estimate of drug-likeness (QED) is 0.671. The van der Waals surface area contributed by atoms with Crippen molar-refractivity contribution < 1.29 is 9.90 Å². The summed E-state index contributed by atoms with van der Waals surface area (Å²) in [5.41, 5.74) is 0. The molecule has 1 fully saturated rings. The Hall–Kier alpha value is -0.710. The van der Waals surface area contributed by atoms with Gasteiger partial charge in [0.2, 0.25) is 0 Å². The second-order valence-corrected chi connectivity index (χ2v) is 4.46. The fourth-order valence-electron chi connectivity index (χ4n) is 2.26. The van der Waals surface area contributed by atoms with E-state index < -0.39 is 6.09 Å². The van der Waals surface area contributed by atoms with Crippen LogP contribution in [0.1, 0.15) is 25.7 Å². The number of amidine groups is 1. The van der Waals surface area contributed by atoms with Gasteiger partial charge in [-0.15, -0.1) is 0 Å². The first-order valence-corrected chi connectivity index (χ1v) is 6.10. The zero-order valence-electron chi connectivity index (χ0n) is 8.14. The van der Waals surface area contributed by atoms with E-state index in [1.807, 2.05) is 6.26 Å². The fourth-order valence-corrected chi connectivity index (χ4v) is 2.92. The molecule has 78 valence electrons. The lowest BCUT2D eigenvalue weighted by Gasteiger charge is -2.28. The van der Waals surface area contributed by atoms with Gasteiger partial charge in [-0.2, -0.15) is 0 Å². The van der Waals surface area contributed by atoms with Gasteiger partial charge in [0, 0.05) is 0 Å². The van der Waals surface area contributed by atoms with Crippen molar-refractivity contribution in [2.24, 2.45) is 4.99 Å². The smallest absolute Gasteiger partial charge is 0.413 e. The molecule has 0 aromatic carbocycles. The highest BCUT2D eigenvalue weighted by Crippen LogP contribution is 2.33. The van der Waals surface area contributed by atoms with Crippen LogP contribution in [0.2, 0.25) is 0 Å². The zero-order valence-corrected chi connectivity index (χ0v) is 8.96. The number of amides is 1. The van der Waals surface area contributed by atoms with Crippen LogP contribution >= 0.6 is 11.8 Å². The van der Waals surface area contributed by atoms with Gasteiger partial charge in [-0.25, -0.2) is 4.79 Å². The molecular formula is C9H14N2O2S.